The van der Waals surface area contributed by atoms with Crippen LogP contribution in [0.3, 0.4) is 0 Å². The van der Waals surface area contributed by atoms with E-state index in [1.165, 1.54) is 49.5 Å². The van der Waals surface area contributed by atoms with E-state index >= 15 is 0 Å². The maximum atomic E-state index is 3.49. The van der Waals surface area contributed by atoms with E-state index in [0.29, 0.717) is 5.92 Å². The second-order valence-corrected chi connectivity index (χ2v) is 8.70. The molecule has 1 atom stereocenters. The van der Waals surface area contributed by atoms with E-state index in [1.807, 2.05) is 0 Å². The van der Waals surface area contributed by atoms with Gasteiger partial charge in [0.2, 0.25) is 0 Å². The summed E-state index contributed by atoms with van der Waals surface area (Å²) >= 11 is 0. The molecule has 1 N–H and O–H groups in total. The number of aromatic nitrogens is 1. The van der Waals surface area contributed by atoms with Crippen LogP contribution in [0.25, 0.3) is 33.9 Å². The fourth-order valence-electron chi connectivity index (χ4n) is 4.90. The molecule has 0 aliphatic heterocycles. The van der Waals surface area contributed by atoms with Crippen molar-refractivity contribution in [2.75, 3.05) is 0 Å². The molecule has 4 aromatic carbocycles. The molecule has 1 aliphatic rings. The average molecular weight is 424 g/mol. The van der Waals surface area contributed by atoms with Crippen LogP contribution >= 0.6 is 0 Å². The molecule has 1 heteroatoms. The largest absolute Gasteiger partial charge is 0.361 e. The summed E-state index contributed by atoms with van der Waals surface area (Å²) in [5.74, 6) is 0.363. The van der Waals surface area contributed by atoms with Crippen molar-refractivity contribution in [3.63, 3.8) is 0 Å². The zero-order valence-corrected chi connectivity index (χ0v) is 18.4. The molecular formula is C32H25N. The van der Waals surface area contributed by atoms with Gasteiger partial charge in [-0.3, -0.25) is 0 Å². The number of aromatic amines is 1. The van der Waals surface area contributed by atoms with Crippen molar-refractivity contribution in [1.82, 2.24) is 4.98 Å². The third-order valence-corrected chi connectivity index (χ3v) is 6.67. The lowest BCUT2D eigenvalue weighted by molar-refractivity contribution is 0.896. The molecule has 6 rings (SSSR count). The Hall–Kier alpha value is -4.10. The van der Waals surface area contributed by atoms with Crippen LogP contribution < -0.4 is 10.6 Å². The van der Waals surface area contributed by atoms with Gasteiger partial charge in [-0.1, -0.05) is 115 Å². The first-order chi connectivity index (χ1) is 16.3. The highest BCUT2D eigenvalue weighted by Gasteiger charge is 2.18. The summed E-state index contributed by atoms with van der Waals surface area (Å²) in [6.45, 7) is 0. The van der Waals surface area contributed by atoms with Crippen molar-refractivity contribution in [2.24, 2.45) is 0 Å². The van der Waals surface area contributed by atoms with Crippen molar-refractivity contribution in [3.05, 3.63) is 143 Å². The Kier molecular flexibility index (Phi) is 5.01. The first-order valence-corrected chi connectivity index (χ1v) is 11.5. The standard InChI is InChI=1S/C32H25N/c1-3-7-23(8-4-1)25-11-13-27(14-12-25)30-21-29-19-20-33-32(29)31(22-30)28-17-15-26(16-18-28)24-9-5-2-6-10-24/h1-21,30,33H,22H2. The Morgan fingerprint density at radius 2 is 1.03 bits per heavy atom. The molecule has 5 aromatic rings. The molecule has 0 saturated heterocycles. The Morgan fingerprint density at radius 1 is 0.515 bits per heavy atom. The fourth-order valence-corrected chi connectivity index (χ4v) is 4.90. The lowest BCUT2D eigenvalue weighted by Crippen LogP contribution is -2.30. The Bertz CT molecular complexity index is 1490. The lowest BCUT2D eigenvalue weighted by atomic mass is 9.84. The van der Waals surface area contributed by atoms with Gasteiger partial charge in [-0.25, -0.2) is 0 Å². The van der Waals surface area contributed by atoms with E-state index < -0.39 is 0 Å². The molecule has 0 saturated carbocycles. The number of nitrogens with one attached hydrogen (secondary N) is 1. The van der Waals surface area contributed by atoms with Crippen LogP contribution in [0.15, 0.2) is 121 Å². The quantitative estimate of drug-likeness (QED) is 0.339. The summed E-state index contributed by atoms with van der Waals surface area (Å²) in [6.07, 6.45) is 5.45. The van der Waals surface area contributed by atoms with Gasteiger partial charge in [-0.05, 0) is 56.7 Å². The summed E-state index contributed by atoms with van der Waals surface area (Å²) in [5.41, 5.74) is 9.06. The van der Waals surface area contributed by atoms with Crippen LogP contribution in [0, 0.1) is 0 Å². The van der Waals surface area contributed by atoms with Gasteiger partial charge in [0.05, 0.1) is 0 Å². The monoisotopic (exact) mass is 423 g/mol. The van der Waals surface area contributed by atoms with Crippen LogP contribution in [0.4, 0.5) is 0 Å². The summed E-state index contributed by atoms with van der Waals surface area (Å²) in [6, 6.07) is 41.4. The van der Waals surface area contributed by atoms with E-state index in [9.17, 15) is 0 Å². The molecule has 158 valence electrons. The number of H-pyrrole nitrogens is 1. The molecule has 1 aromatic heterocycles. The number of hydrogen-bond donors (Lipinski definition) is 1. The van der Waals surface area contributed by atoms with Gasteiger partial charge in [-0.15, -0.1) is 0 Å². The summed E-state index contributed by atoms with van der Waals surface area (Å²) in [4.78, 5) is 3.49. The van der Waals surface area contributed by atoms with Crippen LogP contribution in [-0.4, -0.2) is 4.98 Å². The molecule has 0 bridgehead atoms. The van der Waals surface area contributed by atoms with Gasteiger partial charge >= 0.3 is 0 Å². The van der Waals surface area contributed by atoms with Crippen molar-refractivity contribution < 1.29 is 0 Å². The van der Waals surface area contributed by atoms with E-state index in [0.717, 1.165) is 6.42 Å². The normalized spacial score (nSPS) is 15.0. The average Bonchev–Trinajstić information content (AvgIpc) is 3.38. The Balaban J connectivity index is 1.33. The van der Waals surface area contributed by atoms with Gasteiger partial charge < -0.3 is 4.98 Å². The topological polar surface area (TPSA) is 15.8 Å². The Labute approximate surface area is 194 Å². The molecule has 1 heterocycles. The Morgan fingerprint density at radius 3 is 1.64 bits per heavy atom. The third kappa shape index (κ3) is 3.83. The fraction of sp³-hybridized carbons (Fsp3) is 0.0625. The van der Waals surface area contributed by atoms with Crippen molar-refractivity contribution in [2.45, 2.75) is 12.3 Å². The van der Waals surface area contributed by atoms with Crippen LogP contribution in [0.2, 0.25) is 0 Å². The highest BCUT2D eigenvalue weighted by molar-refractivity contribution is 5.73. The number of hydrogen-bond acceptors (Lipinski definition) is 0. The van der Waals surface area contributed by atoms with Crippen molar-refractivity contribution >= 4 is 11.6 Å². The lowest BCUT2D eigenvalue weighted by Gasteiger charge is -2.20. The maximum absolute atomic E-state index is 3.49. The number of rotatable bonds is 4. The van der Waals surface area contributed by atoms with Gasteiger partial charge in [0.1, 0.15) is 0 Å². The SMILES string of the molecule is C1=c2cc[nH]c2=C(c2ccc(-c3ccccc3)cc2)CC1c1ccc(-c2ccccc2)cc1. The molecule has 0 amide bonds. The molecule has 0 spiro atoms. The number of benzene rings is 4. The van der Waals surface area contributed by atoms with E-state index in [-0.39, 0.29) is 0 Å². The second kappa shape index (κ2) is 8.44. The molecule has 1 aliphatic carbocycles. The summed E-state index contributed by atoms with van der Waals surface area (Å²) in [7, 11) is 0. The van der Waals surface area contributed by atoms with Crippen LogP contribution in [0.1, 0.15) is 23.5 Å². The minimum absolute atomic E-state index is 0.363. The third-order valence-electron chi connectivity index (χ3n) is 6.67. The molecule has 33 heavy (non-hydrogen) atoms. The van der Waals surface area contributed by atoms with Gasteiger partial charge in [0.15, 0.2) is 0 Å². The van der Waals surface area contributed by atoms with E-state index in [1.54, 1.807) is 0 Å². The summed E-state index contributed by atoms with van der Waals surface area (Å²) < 4.78 is 0. The van der Waals surface area contributed by atoms with E-state index in [2.05, 4.69) is 133 Å². The van der Waals surface area contributed by atoms with Crippen molar-refractivity contribution in [1.29, 1.82) is 0 Å². The van der Waals surface area contributed by atoms with E-state index in [4.69, 9.17) is 0 Å². The minimum Gasteiger partial charge on any atom is -0.361 e. The first kappa shape index (κ1) is 19.6. The molecule has 1 nitrogen and oxygen atoms in total. The predicted octanol–water partition coefficient (Wildman–Crippen LogP) is 6.52. The second-order valence-electron chi connectivity index (χ2n) is 8.70. The molecular weight excluding hydrogens is 398 g/mol. The van der Waals surface area contributed by atoms with Crippen LogP contribution in [-0.2, 0) is 0 Å². The smallest absolute Gasteiger partial charge is 0.0489 e. The van der Waals surface area contributed by atoms with Gasteiger partial charge in [-0.2, -0.15) is 0 Å². The highest BCUT2D eigenvalue weighted by atomic mass is 14.7. The maximum Gasteiger partial charge on any atom is 0.0489 e. The minimum atomic E-state index is 0.363. The van der Waals surface area contributed by atoms with Gasteiger partial charge in [0, 0.05) is 17.5 Å². The molecule has 0 fully saturated rings. The summed E-state index contributed by atoms with van der Waals surface area (Å²) in [5, 5.41) is 2.54. The number of fused-ring (bicyclic) bond motifs is 1. The predicted molar refractivity (Wildman–Crippen MR) is 138 cm³/mol. The van der Waals surface area contributed by atoms with Crippen LogP contribution in [0.5, 0.6) is 0 Å². The first-order valence-electron chi connectivity index (χ1n) is 11.5. The zero-order valence-electron chi connectivity index (χ0n) is 18.4. The van der Waals surface area contributed by atoms with Crippen molar-refractivity contribution in [3.8, 4) is 22.3 Å². The molecule has 0 radical (unpaired) electrons. The highest BCUT2D eigenvalue weighted by Crippen LogP contribution is 2.32. The molecule has 1 unspecified atom stereocenters. The van der Waals surface area contributed by atoms with Gasteiger partial charge in [0.25, 0.3) is 0 Å². The zero-order chi connectivity index (χ0) is 22.0.